The summed E-state index contributed by atoms with van der Waals surface area (Å²) in [6, 6.07) is 9.46. The van der Waals surface area contributed by atoms with Crippen LogP contribution in [0.3, 0.4) is 0 Å². The molecule has 1 aliphatic heterocycles. The maximum Gasteiger partial charge on any atom is 0.206 e. The molecule has 0 amide bonds. The third-order valence-electron chi connectivity index (χ3n) is 4.90. The monoisotopic (exact) mass is 398 g/mol. The van der Waals surface area contributed by atoms with Gasteiger partial charge in [-0.25, -0.2) is 4.98 Å². The topological polar surface area (TPSA) is 70.4 Å². The van der Waals surface area contributed by atoms with Crippen molar-refractivity contribution < 1.29 is 13.9 Å². The lowest BCUT2D eigenvalue weighted by Gasteiger charge is -2.32. The maximum absolute atomic E-state index is 14.4. The Hall–Kier alpha value is -2.85. The van der Waals surface area contributed by atoms with E-state index in [1.807, 2.05) is 13.8 Å². The van der Waals surface area contributed by atoms with Crippen molar-refractivity contribution in [1.29, 1.82) is 5.26 Å². The number of anilines is 1. The average Bonchev–Trinajstić information content (AvgIpc) is 2.73. The summed E-state index contributed by atoms with van der Waals surface area (Å²) in [5.41, 5.74) is 1.58. The molecule has 1 N–H and O–H groups in total. The van der Waals surface area contributed by atoms with Crippen molar-refractivity contribution in [1.82, 2.24) is 9.88 Å². The van der Waals surface area contributed by atoms with Gasteiger partial charge in [0.2, 0.25) is 5.82 Å². The molecule has 0 unspecified atom stereocenters. The van der Waals surface area contributed by atoms with Crippen molar-refractivity contribution in [3.63, 3.8) is 0 Å². The van der Waals surface area contributed by atoms with Crippen LogP contribution in [0.2, 0.25) is 0 Å². The number of piperidine rings is 1. The van der Waals surface area contributed by atoms with E-state index in [-0.39, 0.29) is 11.5 Å². The van der Waals surface area contributed by atoms with E-state index < -0.39 is 5.82 Å². The van der Waals surface area contributed by atoms with Crippen LogP contribution >= 0.6 is 0 Å². The Morgan fingerprint density at radius 1 is 1.17 bits per heavy atom. The Kier molecular flexibility index (Phi) is 7.25. The van der Waals surface area contributed by atoms with Gasteiger partial charge in [0.25, 0.3) is 0 Å². The Balaban J connectivity index is 1.59. The van der Waals surface area contributed by atoms with Gasteiger partial charge in [0.15, 0.2) is 11.5 Å². The highest BCUT2D eigenvalue weighted by Gasteiger charge is 2.21. The van der Waals surface area contributed by atoms with Crippen LogP contribution in [0.1, 0.15) is 37.8 Å². The smallest absolute Gasteiger partial charge is 0.206 e. The van der Waals surface area contributed by atoms with Crippen LogP contribution < -0.4 is 14.8 Å². The molecule has 6 nitrogen and oxygen atoms in total. The van der Waals surface area contributed by atoms with E-state index in [9.17, 15) is 4.39 Å². The molecule has 1 aromatic heterocycles. The number of aromatic nitrogens is 1. The molecule has 0 atom stereocenters. The first kappa shape index (κ1) is 20.9. The summed E-state index contributed by atoms with van der Waals surface area (Å²) in [7, 11) is 0. The fourth-order valence-corrected chi connectivity index (χ4v) is 3.52. The average molecular weight is 398 g/mol. The third-order valence-corrected chi connectivity index (χ3v) is 4.90. The first-order chi connectivity index (χ1) is 14.1. The van der Waals surface area contributed by atoms with E-state index in [1.54, 1.807) is 30.5 Å². The van der Waals surface area contributed by atoms with Gasteiger partial charge in [-0.05, 0) is 56.5 Å². The fraction of sp³-hybridized carbons (Fsp3) is 0.455. The highest BCUT2D eigenvalue weighted by molar-refractivity contribution is 5.43. The zero-order valence-corrected chi connectivity index (χ0v) is 16.9. The van der Waals surface area contributed by atoms with Crippen molar-refractivity contribution in [3.8, 4) is 17.6 Å². The molecule has 0 spiro atoms. The molecule has 1 fully saturated rings. The summed E-state index contributed by atoms with van der Waals surface area (Å²) in [4.78, 5) is 6.63. The van der Waals surface area contributed by atoms with Crippen LogP contribution in [0, 0.1) is 17.1 Å². The number of nitriles is 1. The minimum absolute atomic E-state index is 0.244. The number of nitrogens with zero attached hydrogens (tertiary/aromatic N) is 3. The fourth-order valence-electron chi connectivity index (χ4n) is 3.52. The number of hydrogen-bond donors (Lipinski definition) is 1. The zero-order chi connectivity index (χ0) is 20.6. The second kappa shape index (κ2) is 10.1. The summed E-state index contributed by atoms with van der Waals surface area (Å²) >= 11 is 0. The minimum atomic E-state index is -0.438. The van der Waals surface area contributed by atoms with Gasteiger partial charge in [-0.15, -0.1) is 0 Å². The van der Waals surface area contributed by atoms with Gasteiger partial charge in [0.05, 0.1) is 24.8 Å². The minimum Gasteiger partial charge on any atom is -0.491 e. The molecule has 0 bridgehead atoms. The number of likely N-dealkylation sites (tertiary alicyclic amines) is 1. The Bertz CT molecular complexity index is 833. The number of benzene rings is 1. The second-order valence-corrected chi connectivity index (χ2v) is 7.01. The van der Waals surface area contributed by atoms with E-state index in [2.05, 4.69) is 21.3 Å². The molecule has 1 aromatic carbocycles. The number of halogens is 1. The maximum atomic E-state index is 14.4. The summed E-state index contributed by atoms with van der Waals surface area (Å²) in [6.45, 7) is 7.04. The molecule has 7 heteroatoms. The van der Waals surface area contributed by atoms with Gasteiger partial charge in [0.1, 0.15) is 5.82 Å². The predicted molar refractivity (Wildman–Crippen MR) is 110 cm³/mol. The lowest BCUT2D eigenvalue weighted by Crippen LogP contribution is -2.38. The summed E-state index contributed by atoms with van der Waals surface area (Å²) in [5, 5.41) is 12.4. The Morgan fingerprint density at radius 3 is 2.41 bits per heavy atom. The Labute approximate surface area is 171 Å². The second-order valence-electron chi connectivity index (χ2n) is 7.01. The summed E-state index contributed by atoms with van der Waals surface area (Å²) in [5.74, 6) is 0.790. The van der Waals surface area contributed by atoms with Crippen molar-refractivity contribution >= 4 is 5.82 Å². The molecule has 3 rings (SSSR count). The van der Waals surface area contributed by atoms with Gasteiger partial charge < -0.3 is 14.8 Å². The quantitative estimate of drug-likeness (QED) is 0.726. The summed E-state index contributed by atoms with van der Waals surface area (Å²) < 4.78 is 25.3. The van der Waals surface area contributed by atoms with Crippen LogP contribution in [-0.4, -0.2) is 42.2 Å². The van der Waals surface area contributed by atoms with Crippen molar-refractivity contribution in [2.45, 2.75) is 39.3 Å². The molecule has 1 saturated heterocycles. The van der Waals surface area contributed by atoms with E-state index >= 15 is 0 Å². The molecule has 1 aliphatic rings. The molecule has 0 radical (unpaired) electrons. The van der Waals surface area contributed by atoms with Gasteiger partial charge in [-0.3, -0.25) is 4.90 Å². The van der Waals surface area contributed by atoms with Gasteiger partial charge in [0, 0.05) is 31.9 Å². The molecule has 29 heavy (non-hydrogen) atoms. The lowest BCUT2D eigenvalue weighted by atomic mass is 10.0. The number of pyridine rings is 1. The standard InChI is InChI=1S/C22H27FN4O2/c1-3-28-19-11-17(12-20(22(19)23)29-4-2)15-27-9-6-18(7-10-27)26-21-13-16(14-24)5-8-25-21/h5,8,11-13,18H,3-4,6-7,9-10,15H2,1-2H3,(H,25,26). The molecule has 2 aromatic rings. The number of hydrogen-bond acceptors (Lipinski definition) is 6. The normalized spacial score (nSPS) is 15.0. The van der Waals surface area contributed by atoms with Crippen molar-refractivity contribution in [2.75, 3.05) is 31.6 Å². The van der Waals surface area contributed by atoms with E-state index in [0.717, 1.165) is 43.9 Å². The van der Waals surface area contributed by atoms with E-state index in [0.29, 0.717) is 24.8 Å². The number of rotatable bonds is 8. The SMILES string of the molecule is CCOc1cc(CN2CCC(Nc3cc(C#N)ccn3)CC2)cc(OCC)c1F. The van der Waals surface area contributed by atoms with Crippen molar-refractivity contribution in [2.24, 2.45) is 0 Å². The predicted octanol–water partition coefficient (Wildman–Crippen LogP) is 3.97. The van der Waals surface area contributed by atoms with Gasteiger partial charge >= 0.3 is 0 Å². The van der Waals surface area contributed by atoms with Gasteiger partial charge in [-0.2, -0.15) is 9.65 Å². The van der Waals surface area contributed by atoms with Crippen LogP contribution in [0.15, 0.2) is 30.5 Å². The van der Waals surface area contributed by atoms with Crippen molar-refractivity contribution in [3.05, 3.63) is 47.4 Å². The summed E-state index contributed by atoms with van der Waals surface area (Å²) in [6.07, 6.45) is 3.59. The van der Waals surface area contributed by atoms with Crippen LogP contribution in [0.5, 0.6) is 11.5 Å². The highest BCUT2D eigenvalue weighted by atomic mass is 19.1. The first-order valence-electron chi connectivity index (χ1n) is 10.1. The Morgan fingerprint density at radius 2 is 1.83 bits per heavy atom. The molecular formula is C22H27FN4O2. The molecule has 0 saturated carbocycles. The molecule has 154 valence electrons. The van der Waals surface area contributed by atoms with Crippen LogP contribution in [0.25, 0.3) is 0 Å². The molecule has 2 heterocycles. The zero-order valence-electron chi connectivity index (χ0n) is 16.9. The van der Waals surface area contributed by atoms with E-state index in [1.165, 1.54) is 0 Å². The van der Waals surface area contributed by atoms with Crippen LogP contribution in [0.4, 0.5) is 10.2 Å². The van der Waals surface area contributed by atoms with Crippen LogP contribution in [-0.2, 0) is 6.54 Å². The number of nitrogens with one attached hydrogen (secondary N) is 1. The first-order valence-corrected chi connectivity index (χ1v) is 10.1. The number of ether oxygens (including phenoxy) is 2. The lowest BCUT2D eigenvalue weighted by molar-refractivity contribution is 0.210. The highest BCUT2D eigenvalue weighted by Crippen LogP contribution is 2.30. The molecule has 0 aliphatic carbocycles. The molecular weight excluding hydrogens is 371 g/mol. The largest absolute Gasteiger partial charge is 0.491 e. The van der Waals surface area contributed by atoms with E-state index in [4.69, 9.17) is 14.7 Å². The third kappa shape index (κ3) is 5.58. The van der Waals surface area contributed by atoms with Gasteiger partial charge in [-0.1, -0.05) is 0 Å².